The molecule has 0 atom stereocenters. The predicted molar refractivity (Wildman–Crippen MR) is 72.3 cm³/mol. The smallest absolute Gasteiger partial charge is 0.187 e. The first-order valence-corrected chi connectivity index (χ1v) is 7.31. The van der Waals surface area contributed by atoms with Gasteiger partial charge in [-0.25, -0.2) is 8.42 Å². The molecule has 0 aliphatic carbocycles. The molecular formula is C13H17ClO2S. The third-order valence-corrected chi connectivity index (χ3v) is 5.86. The Labute approximate surface area is 108 Å². The zero-order valence-electron chi connectivity index (χ0n) is 10.3. The van der Waals surface area contributed by atoms with Gasteiger partial charge in [-0.05, 0) is 38.5 Å². The third kappa shape index (κ3) is 2.55. The van der Waals surface area contributed by atoms with Crippen LogP contribution in [0.4, 0.5) is 0 Å². The fourth-order valence-electron chi connectivity index (χ4n) is 1.36. The van der Waals surface area contributed by atoms with E-state index in [2.05, 4.69) is 6.58 Å². The van der Waals surface area contributed by atoms with Crippen molar-refractivity contribution in [3.63, 3.8) is 0 Å². The van der Waals surface area contributed by atoms with Crippen molar-refractivity contribution in [2.24, 2.45) is 0 Å². The van der Waals surface area contributed by atoms with E-state index in [0.717, 1.165) is 5.56 Å². The van der Waals surface area contributed by atoms with E-state index < -0.39 is 14.6 Å². The quantitative estimate of drug-likeness (QED) is 0.622. The summed E-state index contributed by atoms with van der Waals surface area (Å²) in [7, 11) is -3.45. The highest BCUT2D eigenvalue weighted by atomic mass is 35.5. The van der Waals surface area contributed by atoms with Crippen molar-refractivity contribution in [3.8, 4) is 0 Å². The number of rotatable bonds is 4. The topological polar surface area (TPSA) is 34.1 Å². The van der Waals surface area contributed by atoms with E-state index in [1.165, 1.54) is 0 Å². The molecule has 1 rings (SSSR count). The van der Waals surface area contributed by atoms with Crippen molar-refractivity contribution < 1.29 is 8.42 Å². The van der Waals surface area contributed by atoms with Gasteiger partial charge in [-0.15, -0.1) is 11.6 Å². The Kier molecular flexibility index (Phi) is 4.05. The second-order valence-corrected chi connectivity index (χ2v) is 7.33. The van der Waals surface area contributed by atoms with Gasteiger partial charge in [-0.3, -0.25) is 0 Å². The van der Waals surface area contributed by atoms with Gasteiger partial charge in [0.15, 0.2) is 9.84 Å². The summed E-state index contributed by atoms with van der Waals surface area (Å²) in [6.45, 7) is 8.92. The molecule has 0 aliphatic heterocycles. The SMILES string of the molecule is C=C(CCl)C(C)(C)S(=O)(=O)c1ccc(C)cc1. The Balaban J connectivity index is 3.29. The molecule has 1 aromatic carbocycles. The van der Waals surface area contributed by atoms with E-state index >= 15 is 0 Å². The van der Waals surface area contributed by atoms with Crippen molar-refractivity contribution >= 4 is 21.4 Å². The van der Waals surface area contributed by atoms with Gasteiger partial charge in [0, 0.05) is 5.88 Å². The van der Waals surface area contributed by atoms with Crippen LogP contribution in [0.15, 0.2) is 41.3 Å². The van der Waals surface area contributed by atoms with Crippen LogP contribution in [0, 0.1) is 6.92 Å². The Morgan fingerprint density at radius 2 is 1.76 bits per heavy atom. The molecule has 0 heterocycles. The molecule has 4 heteroatoms. The molecule has 0 unspecified atom stereocenters. The van der Waals surface area contributed by atoms with Crippen LogP contribution in [-0.2, 0) is 9.84 Å². The Morgan fingerprint density at radius 3 is 2.18 bits per heavy atom. The summed E-state index contributed by atoms with van der Waals surface area (Å²) >= 11 is 5.69. The summed E-state index contributed by atoms with van der Waals surface area (Å²) in [6.07, 6.45) is 0. The van der Waals surface area contributed by atoms with Gasteiger partial charge in [-0.2, -0.15) is 0 Å². The van der Waals surface area contributed by atoms with Crippen molar-refractivity contribution in [1.82, 2.24) is 0 Å². The average Bonchev–Trinajstić information content (AvgIpc) is 2.28. The zero-order valence-corrected chi connectivity index (χ0v) is 11.9. The summed E-state index contributed by atoms with van der Waals surface area (Å²) in [5.41, 5.74) is 1.53. The first-order chi connectivity index (χ1) is 7.73. The average molecular weight is 273 g/mol. The van der Waals surface area contributed by atoms with E-state index in [4.69, 9.17) is 11.6 Å². The van der Waals surface area contributed by atoms with Crippen molar-refractivity contribution in [1.29, 1.82) is 0 Å². The number of hydrogen-bond donors (Lipinski definition) is 0. The van der Waals surface area contributed by atoms with E-state index in [1.54, 1.807) is 38.1 Å². The second-order valence-electron chi connectivity index (χ2n) is 4.56. The molecule has 0 saturated carbocycles. The molecule has 0 aromatic heterocycles. The normalized spacial score (nSPS) is 12.5. The number of hydrogen-bond acceptors (Lipinski definition) is 2. The van der Waals surface area contributed by atoms with Gasteiger partial charge in [0.2, 0.25) is 0 Å². The van der Waals surface area contributed by atoms with Crippen LogP contribution in [-0.4, -0.2) is 19.0 Å². The van der Waals surface area contributed by atoms with Crippen molar-refractivity contribution in [2.75, 3.05) is 5.88 Å². The number of aryl methyl sites for hydroxylation is 1. The molecule has 0 bridgehead atoms. The minimum absolute atomic E-state index is 0.137. The molecule has 17 heavy (non-hydrogen) atoms. The lowest BCUT2D eigenvalue weighted by molar-refractivity contribution is 0.567. The highest BCUT2D eigenvalue weighted by Crippen LogP contribution is 2.31. The van der Waals surface area contributed by atoms with Crippen molar-refractivity contribution in [3.05, 3.63) is 42.0 Å². The van der Waals surface area contributed by atoms with Crippen LogP contribution in [0.25, 0.3) is 0 Å². The highest BCUT2D eigenvalue weighted by Gasteiger charge is 2.37. The zero-order chi connectivity index (χ0) is 13.3. The van der Waals surface area contributed by atoms with Gasteiger partial charge < -0.3 is 0 Å². The monoisotopic (exact) mass is 272 g/mol. The lowest BCUT2D eigenvalue weighted by atomic mass is 10.1. The summed E-state index contributed by atoms with van der Waals surface area (Å²) in [5, 5.41) is 0. The minimum atomic E-state index is -3.45. The molecule has 0 amide bonds. The molecule has 0 spiro atoms. The lowest BCUT2D eigenvalue weighted by Crippen LogP contribution is -2.34. The van der Waals surface area contributed by atoms with Gasteiger partial charge in [0.05, 0.1) is 9.64 Å². The maximum atomic E-state index is 12.4. The van der Waals surface area contributed by atoms with Gasteiger partial charge in [0.25, 0.3) is 0 Å². The largest absolute Gasteiger partial charge is 0.223 e. The standard InChI is InChI=1S/C13H17ClO2S/c1-10-5-7-12(8-6-10)17(15,16)13(3,4)11(2)9-14/h5-8H,2,9H2,1,3-4H3. The molecule has 0 saturated heterocycles. The molecule has 0 radical (unpaired) electrons. The highest BCUT2D eigenvalue weighted by molar-refractivity contribution is 7.93. The summed E-state index contributed by atoms with van der Waals surface area (Å²) in [6, 6.07) is 6.81. The minimum Gasteiger partial charge on any atom is -0.223 e. The van der Waals surface area contributed by atoms with E-state index in [-0.39, 0.29) is 5.88 Å². The maximum Gasteiger partial charge on any atom is 0.187 e. The predicted octanol–water partition coefficient (Wildman–Crippen LogP) is 3.34. The Bertz CT molecular complexity index is 513. The first-order valence-electron chi connectivity index (χ1n) is 5.29. The van der Waals surface area contributed by atoms with E-state index in [9.17, 15) is 8.42 Å². The summed E-state index contributed by atoms with van der Waals surface area (Å²) < 4.78 is 23.8. The Morgan fingerprint density at radius 1 is 1.29 bits per heavy atom. The van der Waals surface area contributed by atoms with Gasteiger partial charge in [-0.1, -0.05) is 24.3 Å². The summed E-state index contributed by atoms with van der Waals surface area (Å²) in [5.74, 6) is 0.137. The molecule has 1 aromatic rings. The number of benzene rings is 1. The number of sulfone groups is 1. The van der Waals surface area contributed by atoms with Crippen LogP contribution < -0.4 is 0 Å². The van der Waals surface area contributed by atoms with Crippen LogP contribution in [0.5, 0.6) is 0 Å². The van der Waals surface area contributed by atoms with Crippen molar-refractivity contribution in [2.45, 2.75) is 30.4 Å². The second kappa shape index (κ2) is 4.83. The number of alkyl halides is 1. The third-order valence-electron chi connectivity index (χ3n) is 3.02. The van der Waals surface area contributed by atoms with E-state index in [0.29, 0.717) is 10.5 Å². The first kappa shape index (κ1) is 14.3. The number of halogens is 1. The molecule has 2 nitrogen and oxygen atoms in total. The fraction of sp³-hybridized carbons (Fsp3) is 0.385. The van der Waals surface area contributed by atoms with Crippen LogP contribution >= 0.6 is 11.6 Å². The molecule has 0 aliphatic rings. The molecule has 94 valence electrons. The molecule has 0 fully saturated rings. The van der Waals surface area contributed by atoms with E-state index in [1.807, 2.05) is 6.92 Å². The molecular weight excluding hydrogens is 256 g/mol. The van der Waals surface area contributed by atoms with Gasteiger partial charge >= 0.3 is 0 Å². The van der Waals surface area contributed by atoms with Crippen LogP contribution in [0.2, 0.25) is 0 Å². The van der Waals surface area contributed by atoms with Crippen LogP contribution in [0.3, 0.4) is 0 Å². The fourth-order valence-corrected chi connectivity index (χ4v) is 3.31. The lowest BCUT2D eigenvalue weighted by Gasteiger charge is -2.26. The van der Waals surface area contributed by atoms with Gasteiger partial charge in [0.1, 0.15) is 0 Å². The molecule has 0 N–H and O–H groups in total. The summed E-state index contributed by atoms with van der Waals surface area (Å²) in [4.78, 5) is 0.305. The van der Waals surface area contributed by atoms with Crippen LogP contribution in [0.1, 0.15) is 19.4 Å². The Hall–Kier alpha value is -0.800. The maximum absolute atomic E-state index is 12.4.